The van der Waals surface area contributed by atoms with Gasteiger partial charge in [-0.1, -0.05) is 74.0 Å². The maximum absolute atomic E-state index is 15.8. The number of piperazine rings is 1. The van der Waals surface area contributed by atoms with Crippen LogP contribution in [0.1, 0.15) is 87.7 Å². The van der Waals surface area contributed by atoms with Crippen LogP contribution in [0.2, 0.25) is 5.02 Å². The molecule has 19 nitrogen and oxygen atoms in total. The second-order valence-electron chi connectivity index (χ2n) is 22.1. The number of hydrogen-bond donors (Lipinski definition) is 6. The zero-order valence-electron chi connectivity index (χ0n) is 47.0. The van der Waals surface area contributed by atoms with E-state index in [0.29, 0.717) is 113 Å². The smallest absolute Gasteiger partial charge is 0.319 e. The highest BCUT2D eigenvalue weighted by Crippen LogP contribution is 2.55. The van der Waals surface area contributed by atoms with Crippen LogP contribution in [0, 0.1) is 25.6 Å². The van der Waals surface area contributed by atoms with Crippen molar-refractivity contribution in [1.82, 2.24) is 40.4 Å². The number of aliphatic hydroxyl groups excluding tert-OH is 1. The summed E-state index contributed by atoms with van der Waals surface area (Å²) in [4.78, 5) is 40.3. The molecule has 4 saturated heterocycles. The molecule has 22 heteroatoms. The summed E-state index contributed by atoms with van der Waals surface area (Å²) < 4.78 is 41.5. The topological polar surface area (TPSA) is 258 Å². The van der Waals surface area contributed by atoms with Gasteiger partial charge in [0.1, 0.15) is 42.5 Å². The number of aliphatic hydroxyl groups is 1. The minimum atomic E-state index is -0.416. The first-order valence-corrected chi connectivity index (χ1v) is 29.2. The van der Waals surface area contributed by atoms with E-state index in [9.17, 15) is 14.7 Å². The van der Waals surface area contributed by atoms with Crippen molar-refractivity contribution in [1.29, 1.82) is 0 Å². The number of anilines is 1. The number of nitrogens with two attached hydrogens (primary N) is 3. The molecular weight excluding hydrogens is 1090 g/mol. The number of aryl methyl sites for hydroxylation is 1. The van der Waals surface area contributed by atoms with Gasteiger partial charge in [0.05, 0.1) is 69.3 Å². The van der Waals surface area contributed by atoms with Gasteiger partial charge >= 0.3 is 6.01 Å². The number of nitrogens with one attached hydrogen (secondary N) is 2. The highest BCUT2D eigenvalue weighted by molar-refractivity contribution is 7.13. The SMILES string of the molecule is Cc1c(F)cc2[nH]ncc2c1-c1c(Cl)c2c3c(nc(OC4CCOCC4)nc3c1OCc1ccc(/C(N)=C/N(N)C(C)C(C)C)cc1)N1C3CNC(C3)C1CO2.Cc1ncsc1-c1ccc(CC(C)O)cc1.NC(=O)C1CCCN1C=O. The molecule has 0 spiro atoms. The molecule has 7 aromatic rings. The molecule has 434 valence electrons. The molecule has 4 fully saturated rings. The Labute approximate surface area is 485 Å². The largest absolute Gasteiger partial charge is 0.489 e. The predicted octanol–water partition coefficient (Wildman–Crippen LogP) is 8.33. The average Bonchev–Trinajstić information content (AvgIpc) is 2.85. The van der Waals surface area contributed by atoms with E-state index in [-0.39, 0.29) is 60.1 Å². The fourth-order valence-electron chi connectivity index (χ4n) is 11.4. The van der Waals surface area contributed by atoms with Crippen molar-refractivity contribution in [2.24, 2.45) is 23.2 Å². The van der Waals surface area contributed by atoms with Gasteiger partial charge in [0.15, 0.2) is 11.5 Å². The number of primary amides is 1. The van der Waals surface area contributed by atoms with Crippen LogP contribution in [-0.4, -0.2) is 128 Å². The van der Waals surface area contributed by atoms with Gasteiger partial charge in [0, 0.05) is 66.8 Å². The number of nitrogens with zero attached hydrogens (tertiary/aromatic N) is 7. The molecule has 3 aromatic heterocycles. The number of fused-ring (bicyclic) bond motifs is 7. The Morgan fingerprint density at radius 3 is 2.45 bits per heavy atom. The van der Waals surface area contributed by atoms with Crippen LogP contribution < -0.4 is 41.7 Å². The monoisotopic (exact) mass is 1160 g/mol. The van der Waals surface area contributed by atoms with E-state index >= 15 is 4.39 Å². The number of H-pyrrole nitrogens is 1. The highest BCUT2D eigenvalue weighted by atomic mass is 35.5. The molecular formula is C60H72ClFN12O7S. The number of hydrazine groups is 1. The van der Waals surface area contributed by atoms with E-state index in [1.807, 2.05) is 36.7 Å². The van der Waals surface area contributed by atoms with Gasteiger partial charge in [-0.05, 0) is 93.2 Å². The van der Waals surface area contributed by atoms with Crippen LogP contribution in [0.25, 0.3) is 49.1 Å². The first kappa shape index (κ1) is 58.1. The number of amides is 2. The van der Waals surface area contributed by atoms with Crippen LogP contribution in [0.4, 0.5) is 10.2 Å². The van der Waals surface area contributed by atoms with Crippen molar-refractivity contribution in [3.8, 4) is 39.1 Å². The van der Waals surface area contributed by atoms with Crippen molar-refractivity contribution in [3.05, 3.63) is 111 Å². The maximum atomic E-state index is 15.8. The van der Waals surface area contributed by atoms with E-state index in [1.54, 1.807) is 42.6 Å². The first-order valence-electron chi connectivity index (χ1n) is 28.0. The third-order valence-electron chi connectivity index (χ3n) is 16.2. The Morgan fingerprint density at radius 2 is 1.78 bits per heavy atom. The average molecular weight is 1160 g/mol. The highest BCUT2D eigenvalue weighted by Gasteiger charge is 2.50. The molecule has 0 radical (unpaired) electrons. The number of likely N-dealkylation sites (tertiary alicyclic amines) is 1. The summed E-state index contributed by atoms with van der Waals surface area (Å²) in [5.74, 6) is 7.32. The van der Waals surface area contributed by atoms with Crippen LogP contribution in [0.15, 0.2) is 72.5 Å². The van der Waals surface area contributed by atoms with Crippen LogP contribution in [-0.2, 0) is 27.4 Å². The molecule has 8 heterocycles. The Kier molecular flexibility index (Phi) is 17.8. The molecule has 2 bridgehead atoms. The summed E-state index contributed by atoms with van der Waals surface area (Å²) in [6.45, 7) is 15.0. The Morgan fingerprint density at radius 1 is 1.04 bits per heavy atom. The third kappa shape index (κ3) is 12.2. The lowest BCUT2D eigenvalue weighted by Gasteiger charge is -2.35. The fourth-order valence-corrected chi connectivity index (χ4v) is 12.5. The van der Waals surface area contributed by atoms with Gasteiger partial charge < -0.3 is 55.6 Å². The molecule has 9 N–H and O–H groups in total. The minimum absolute atomic E-state index is 0.00971. The summed E-state index contributed by atoms with van der Waals surface area (Å²) in [6.07, 6.45) is 8.43. The number of carbonyl (C=O) groups is 2. The minimum Gasteiger partial charge on any atom is -0.489 e. The van der Waals surface area contributed by atoms with Crippen molar-refractivity contribution < 1.29 is 38.0 Å². The zero-order chi connectivity index (χ0) is 57.9. The number of aromatic amines is 1. The standard InChI is InChI=1S/C41H47ClFN9O4.C13H15NOS.C6H10N2O2/c1-20(2)22(4)51(45)17-29(44)24-7-5-23(6-8-24)18-54-39-34(33-21(3)28(43)14-30-27(33)16-47-50-30)36(42)38-35-37(39)48-41(56-26-9-11-53-12-10-26)49-40(35)52-25-13-31(46-15-25)32(52)19-55-38;1-9(15)7-11-3-5-12(6-4-11)13-10(2)14-8-16-13;7-6(10)5-2-1-3-8(5)4-9/h5-8,14,16-17,20,22,25-26,31-32,46H,9-13,15,18-19,44-45H2,1-4H3,(H,47,50);3-6,8-9,15H,7H2,1-2H3;4-5H,1-3H2,(H2,7,10)/b29-17-;;. The quantitative estimate of drug-likeness (QED) is 0.0320. The summed E-state index contributed by atoms with van der Waals surface area (Å²) in [6, 6.07) is 18.0. The molecule has 0 aliphatic carbocycles. The van der Waals surface area contributed by atoms with Gasteiger partial charge in [-0.2, -0.15) is 15.1 Å². The molecule has 5 aliphatic rings. The summed E-state index contributed by atoms with van der Waals surface area (Å²) in [5, 5.41) is 23.4. The number of rotatable bonds is 15. The number of carbonyl (C=O) groups excluding carboxylic acids is 2. The Hall–Kier alpha value is -7.14. The first-order chi connectivity index (χ1) is 39.5. The van der Waals surface area contributed by atoms with Gasteiger partial charge in [-0.3, -0.25) is 14.7 Å². The normalized spacial score (nSPS) is 20.1. The lowest BCUT2D eigenvalue weighted by Crippen LogP contribution is -2.53. The number of benzene rings is 4. The number of thiazole rings is 1. The van der Waals surface area contributed by atoms with Crippen molar-refractivity contribution in [2.45, 2.75) is 129 Å². The van der Waals surface area contributed by atoms with E-state index in [1.165, 1.54) is 27.0 Å². The lowest BCUT2D eigenvalue weighted by atomic mass is 9.93. The van der Waals surface area contributed by atoms with E-state index in [2.05, 4.69) is 70.4 Å². The molecule has 0 saturated carbocycles. The Bertz CT molecular complexity index is 3450. The number of hydrogen-bond acceptors (Lipinski definition) is 17. The Balaban J connectivity index is 0.000000236. The van der Waals surface area contributed by atoms with Crippen molar-refractivity contribution in [2.75, 3.05) is 37.8 Å². The van der Waals surface area contributed by atoms with Crippen LogP contribution >= 0.6 is 22.9 Å². The number of aromatic nitrogens is 5. The summed E-state index contributed by atoms with van der Waals surface area (Å²) >= 11 is 9.19. The lowest BCUT2D eigenvalue weighted by molar-refractivity contribution is -0.128. The van der Waals surface area contributed by atoms with Crippen molar-refractivity contribution in [3.63, 3.8) is 0 Å². The fraction of sp³-hybridized carbons (Fsp3) is 0.433. The molecule has 6 atom stereocenters. The van der Waals surface area contributed by atoms with Crippen LogP contribution in [0.5, 0.6) is 17.5 Å². The van der Waals surface area contributed by atoms with Gasteiger partial charge in [-0.25, -0.2) is 15.2 Å². The van der Waals surface area contributed by atoms with Gasteiger partial charge in [0.25, 0.3) is 0 Å². The van der Waals surface area contributed by atoms with E-state index in [4.69, 9.17) is 57.8 Å². The summed E-state index contributed by atoms with van der Waals surface area (Å²) in [5.41, 5.74) is 21.4. The van der Waals surface area contributed by atoms with E-state index in [0.717, 1.165) is 49.0 Å². The molecule has 6 unspecified atom stereocenters. The molecule has 12 rings (SSSR count). The number of ether oxygens (including phenoxy) is 4. The second kappa shape index (κ2) is 25.2. The van der Waals surface area contributed by atoms with Gasteiger partial charge in [-0.15, -0.1) is 11.3 Å². The van der Waals surface area contributed by atoms with Crippen LogP contribution in [0.3, 0.4) is 0 Å². The number of halogens is 2. The third-order valence-corrected chi connectivity index (χ3v) is 17.6. The molecule has 82 heavy (non-hydrogen) atoms. The second-order valence-corrected chi connectivity index (χ2v) is 23.4. The summed E-state index contributed by atoms with van der Waals surface area (Å²) in [7, 11) is 0. The van der Waals surface area contributed by atoms with Gasteiger partial charge in [0.2, 0.25) is 12.3 Å². The van der Waals surface area contributed by atoms with Crippen molar-refractivity contribution >= 4 is 68.6 Å². The molecule has 2 amide bonds. The zero-order valence-corrected chi connectivity index (χ0v) is 48.6. The van der Waals surface area contributed by atoms with E-state index < -0.39 is 11.7 Å². The molecule has 4 aromatic carbocycles. The maximum Gasteiger partial charge on any atom is 0.319 e. The predicted molar refractivity (Wildman–Crippen MR) is 317 cm³/mol. The molecule has 5 aliphatic heterocycles.